The van der Waals surface area contributed by atoms with Gasteiger partial charge in [0.25, 0.3) is 10.0 Å². The van der Waals surface area contributed by atoms with E-state index in [1.54, 1.807) is 62.6 Å². The van der Waals surface area contributed by atoms with Gasteiger partial charge in [0.2, 0.25) is 11.8 Å². The molecule has 10 heteroatoms. The Morgan fingerprint density at radius 2 is 1.73 bits per heavy atom. The second-order valence-electron chi connectivity index (χ2n) is 9.50. The molecule has 0 saturated heterocycles. The van der Waals surface area contributed by atoms with E-state index in [-0.39, 0.29) is 23.0 Å². The number of benzene rings is 3. The minimum absolute atomic E-state index is 0.0376. The third-order valence-electron chi connectivity index (χ3n) is 6.47. The van der Waals surface area contributed by atoms with Crippen LogP contribution in [0, 0.1) is 6.92 Å². The van der Waals surface area contributed by atoms with Crippen LogP contribution in [-0.2, 0) is 26.2 Å². The summed E-state index contributed by atoms with van der Waals surface area (Å²) >= 11 is 6.21. The molecular formula is C30H36ClN3O5S. The van der Waals surface area contributed by atoms with Crippen molar-refractivity contribution in [3.05, 3.63) is 88.9 Å². The Bertz CT molecular complexity index is 1410. The molecule has 0 radical (unpaired) electrons. The summed E-state index contributed by atoms with van der Waals surface area (Å²) in [7, 11) is -2.61. The molecule has 1 N–H and O–H groups in total. The Morgan fingerprint density at radius 3 is 2.38 bits per heavy atom. The second kappa shape index (κ2) is 14.2. The van der Waals surface area contributed by atoms with Gasteiger partial charge in [0.1, 0.15) is 18.3 Å². The third-order valence-corrected chi connectivity index (χ3v) is 8.49. The minimum atomic E-state index is -4.16. The number of hydrogen-bond donors (Lipinski definition) is 1. The molecule has 1 atom stereocenters. The molecule has 0 aliphatic heterocycles. The third kappa shape index (κ3) is 7.99. The van der Waals surface area contributed by atoms with Gasteiger partial charge >= 0.3 is 0 Å². The lowest BCUT2D eigenvalue weighted by Crippen LogP contribution is -2.51. The summed E-state index contributed by atoms with van der Waals surface area (Å²) in [6.07, 6.45) is 1.71. The van der Waals surface area contributed by atoms with E-state index in [4.69, 9.17) is 16.3 Å². The number of ether oxygens (including phenoxy) is 1. The molecule has 0 aromatic heterocycles. The number of halogens is 1. The van der Waals surface area contributed by atoms with Crippen LogP contribution >= 0.6 is 11.6 Å². The molecule has 3 aromatic carbocycles. The number of amides is 2. The molecule has 2 amide bonds. The maximum absolute atomic E-state index is 14.0. The molecule has 0 spiro atoms. The van der Waals surface area contributed by atoms with E-state index in [2.05, 4.69) is 5.32 Å². The zero-order chi connectivity index (χ0) is 29.3. The predicted octanol–water partition coefficient (Wildman–Crippen LogP) is 5.19. The van der Waals surface area contributed by atoms with Crippen molar-refractivity contribution in [3.8, 4) is 5.75 Å². The average Bonchev–Trinajstić information content (AvgIpc) is 2.94. The van der Waals surface area contributed by atoms with Crippen LogP contribution in [-0.4, -0.2) is 51.4 Å². The average molecular weight is 586 g/mol. The Hall–Kier alpha value is -3.56. The predicted molar refractivity (Wildman–Crippen MR) is 158 cm³/mol. The highest BCUT2D eigenvalue weighted by atomic mass is 35.5. The Morgan fingerprint density at radius 1 is 1.02 bits per heavy atom. The van der Waals surface area contributed by atoms with Crippen molar-refractivity contribution in [1.29, 1.82) is 0 Å². The quantitative estimate of drug-likeness (QED) is 0.279. The van der Waals surface area contributed by atoms with Crippen LogP contribution in [0.3, 0.4) is 0 Å². The summed E-state index contributed by atoms with van der Waals surface area (Å²) in [6.45, 7) is 5.54. The van der Waals surface area contributed by atoms with E-state index in [9.17, 15) is 18.0 Å². The SMILES string of the molecule is CCCCNC(=O)[C@@H](C)N(Cc1cccc(OC)c1)C(=O)CN(c1cccc(Cl)c1)S(=O)(=O)c1ccc(C)cc1. The van der Waals surface area contributed by atoms with E-state index in [1.165, 1.54) is 23.1 Å². The minimum Gasteiger partial charge on any atom is -0.497 e. The molecule has 3 aromatic rings. The first kappa shape index (κ1) is 31.0. The van der Waals surface area contributed by atoms with Gasteiger partial charge in [0.05, 0.1) is 17.7 Å². The molecule has 0 unspecified atom stereocenters. The van der Waals surface area contributed by atoms with E-state index < -0.39 is 28.5 Å². The zero-order valence-corrected chi connectivity index (χ0v) is 24.8. The van der Waals surface area contributed by atoms with Crippen LogP contribution in [0.1, 0.15) is 37.8 Å². The number of unbranched alkanes of at least 4 members (excludes halogenated alkanes) is 1. The van der Waals surface area contributed by atoms with E-state index >= 15 is 0 Å². The van der Waals surface area contributed by atoms with Gasteiger partial charge in [-0.05, 0) is 68.3 Å². The number of nitrogens with zero attached hydrogens (tertiary/aromatic N) is 2. The number of rotatable bonds is 13. The fraction of sp³-hybridized carbons (Fsp3) is 0.333. The van der Waals surface area contributed by atoms with Crippen LogP contribution in [0.25, 0.3) is 0 Å². The smallest absolute Gasteiger partial charge is 0.264 e. The van der Waals surface area contributed by atoms with Gasteiger partial charge in [-0.25, -0.2) is 8.42 Å². The lowest BCUT2D eigenvalue weighted by Gasteiger charge is -2.32. The monoisotopic (exact) mass is 585 g/mol. The molecule has 0 aliphatic carbocycles. The van der Waals surface area contributed by atoms with E-state index in [0.29, 0.717) is 17.3 Å². The van der Waals surface area contributed by atoms with Crippen molar-refractivity contribution in [2.45, 2.75) is 51.1 Å². The highest BCUT2D eigenvalue weighted by Crippen LogP contribution is 2.27. The first-order valence-corrected chi connectivity index (χ1v) is 14.9. The molecule has 40 heavy (non-hydrogen) atoms. The molecule has 0 fully saturated rings. The first-order valence-electron chi connectivity index (χ1n) is 13.1. The summed E-state index contributed by atoms with van der Waals surface area (Å²) in [4.78, 5) is 28.4. The normalized spacial score (nSPS) is 11.9. The van der Waals surface area contributed by atoms with Crippen molar-refractivity contribution < 1.29 is 22.7 Å². The van der Waals surface area contributed by atoms with Crippen LogP contribution in [0.5, 0.6) is 5.75 Å². The lowest BCUT2D eigenvalue weighted by atomic mass is 10.1. The summed E-state index contributed by atoms with van der Waals surface area (Å²) in [6, 6.07) is 19.0. The fourth-order valence-corrected chi connectivity index (χ4v) is 5.67. The van der Waals surface area contributed by atoms with Crippen LogP contribution in [0.4, 0.5) is 5.69 Å². The Kier molecular flexibility index (Phi) is 11.0. The Balaban J connectivity index is 2.01. The Labute approximate surface area is 241 Å². The molecule has 214 valence electrons. The van der Waals surface area contributed by atoms with Crippen molar-refractivity contribution in [2.24, 2.45) is 0 Å². The number of sulfonamides is 1. The number of aryl methyl sites for hydroxylation is 1. The summed E-state index contributed by atoms with van der Waals surface area (Å²) < 4.78 is 34.1. The summed E-state index contributed by atoms with van der Waals surface area (Å²) in [5.74, 6) is -0.260. The standard InChI is InChI=1S/C30H36ClN3O5S/c1-5-6-17-32-30(36)23(3)33(20-24-9-7-12-27(18-24)39-4)29(35)21-34(26-11-8-10-25(31)19-26)40(37,38)28-15-13-22(2)14-16-28/h7-16,18-19,23H,5-6,17,20-21H2,1-4H3,(H,32,36)/t23-/m1/s1. The highest BCUT2D eigenvalue weighted by Gasteiger charge is 2.32. The van der Waals surface area contributed by atoms with E-state index in [1.807, 2.05) is 19.9 Å². The second-order valence-corrected chi connectivity index (χ2v) is 11.8. The lowest BCUT2D eigenvalue weighted by molar-refractivity contribution is -0.139. The van der Waals surface area contributed by atoms with Gasteiger partial charge in [0.15, 0.2) is 0 Å². The first-order chi connectivity index (χ1) is 19.1. The van der Waals surface area contributed by atoms with Gasteiger partial charge in [0, 0.05) is 18.1 Å². The molecule has 3 rings (SSSR count). The van der Waals surface area contributed by atoms with E-state index in [0.717, 1.165) is 28.3 Å². The molecule has 0 aliphatic rings. The molecule has 8 nitrogen and oxygen atoms in total. The van der Waals surface area contributed by atoms with Gasteiger partial charge < -0.3 is 15.0 Å². The number of anilines is 1. The molecule has 0 bridgehead atoms. The highest BCUT2D eigenvalue weighted by molar-refractivity contribution is 7.92. The maximum Gasteiger partial charge on any atom is 0.264 e. The van der Waals surface area contributed by atoms with Gasteiger partial charge in [-0.3, -0.25) is 13.9 Å². The topological polar surface area (TPSA) is 96.0 Å². The molecule has 0 heterocycles. The molecular weight excluding hydrogens is 550 g/mol. The number of hydrogen-bond acceptors (Lipinski definition) is 5. The van der Waals surface area contributed by atoms with Crippen molar-refractivity contribution >= 4 is 39.1 Å². The molecule has 0 saturated carbocycles. The maximum atomic E-state index is 14.0. The zero-order valence-electron chi connectivity index (χ0n) is 23.3. The number of nitrogens with one attached hydrogen (secondary N) is 1. The largest absolute Gasteiger partial charge is 0.497 e. The van der Waals surface area contributed by atoms with Crippen molar-refractivity contribution in [2.75, 3.05) is 24.5 Å². The summed E-state index contributed by atoms with van der Waals surface area (Å²) in [5, 5.41) is 3.20. The fourth-order valence-electron chi connectivity index (χ4n) is 4.08. The number of methoxy groups -OCH3 is 1. The van der Waals surface area contributed by atoms with Crippen molar-refractivity contribution in [1.82, 2.24) is 10.2 Å². The van der Waals surface area contributed by atoms with Gasteiger partial charge in [-0.2, -0.15) is 0 Å². The van der Waals surface area contributed by atoms with Crippen LogP contribution in [0.2, 0.25) is 5.02 Å². The van der Waals surface area contributed by atoms with Crippen LogP contribution in [0.15, 0.2) is 77.7 Å². The number of carbonyl (C=O) groups excluding carboxylic acids is 2. The summed E-state index contributed by atoms with van der Waals surface area (Å²) in [5.41, 5.74) is 1.87. The van der Waals surface area contributed by atoms with Crippen LogP contribution < -0.4 is 14.4 Å². The van der Waals surface area contributed by atoms with Gasteiger partial charge in [-0.15, -0.1) is 0 Å². The van der Waals surface area contributed by atoms with Crippen molar-refractivity contribution in [3.63, 3.8) is 0 Å². The number of carbonyl (C=O) groups is 2. The van der Waals surface area contributed by atoms with Gasteiger partial charge in [-0.1, -0.05) is 60.8 Å².